The van der Waals surface area contributed by atoms with Crippen LogP contribution < -0.4 is 5.32 Å². The summed E-state index contributed by atoms with van der Waals surface area (Å²) in [7, 11) is 1.44. The molecule has 1 fully saturated rings. The smallest absolute Gasteiger partial charge is 0.327 e. The van der Waals surface area contributed by atoms with E-state index < -0.39 is 36.5 Å². The molecule has 1 aliphatic heterocycles. The molecule has 0 bridgehead atoms. The number of likely N-dealkylation sites (N-methyl/N-ethyl adjacent to an activating group) is 1. The first-order valence-electron chi connectivity index (χ1n) is 7.20. The van der Waals surface area contributed by atoms with Gasteiger partial charge < -0.3 is 15.0 Å². The first kappa shape index (κ1) is 19.0. The van der Waals surface area contributed by atoms with E-state index in [0.29, 0.717) is 0 Å². The number of para-hydroxylation sites is 1. The van der Waals surface area contributed by atoms with E-state index in [-0.39, 0.29) is 22.3 Å². The number of hydrogen-bond donors (Lipinski definition) is 1. The third-order valence-corrected chi connectivity index (χ3v) is 4.04. The van der Waals surface area contributed by atoms with Crippen LogP contribution >= 0.6 is 23.2 Å². The average molecular weight is 388 g/mol. The van der Waals surface area contributed by atoms with Crippen LogP contribution in [0.3, 0.4) is 0 Å². The molecule has 134 valence electrons. The summed E-state index contributed by atoms with van der Waals surface area (Å²) in [5.74, 6) is -2.05. The second-order valence-electron chi connectivity index (χ2n) is 5.34. The van der Waals surface area contributed by atoms with Crippen molar-refractivity contribution in [3.8, 4) is 0 Å². The van der Waals surface area contributed by atoms with Gasteiger partial charge in [-0.15, -0.1) is 0 Å². The molecule has 1 aromatic carbocycles. The zero-order chi connectivity index (χ0) is 18.7. The number of ether oxygens (including phenoxy) is 1. The molecule has 25 heavy (non-hydrogen) atoms. The van der Waals surface area contributed by atoms with Gasteiger partial charge >= 0.3 is 12.0 Å². The lowest BCUT2D eigenvalue weighted by atomic mass is 10.3. The van der Waals surface area contributed by atoms with Crippen molar-refractivity contribution in [2.24, 2.45) is 0 Å². The Morgan fingerprint density at radius 3 is 2.40 bits per heavy atom. The van der Waals surface area contributed by atoms with Crippen LogP contribution in [0.1, 0.15) is 6.92 Å². The maximum absolute atomic E-state index is 12.1. The second kappa shape index (κ2) is 7.71. The normalized spacial score (nSPS) is 15.4. The van der Waals surface area contributed by atoms with Gasteiger partial charge in [-0.2, -0.15) is 0 Å². The first-order valence-corrected chi connectivity index (χ1v) is 7.96. The highest BCUT2D eigenvalue weighted by Gasteiger charge is 2.35. The first-order chi connectivity index (χ1) is 11.7. The molecular weight excluding hydrogens is 373 g/mol. The van der Waals surface area contributed by atoms with E-state index in [1.165, 1.54) is 18.9 Å². The molecule has 10 heteroatoms. The summed E-state index contributed by atoms with van der Waals surface area (Å²) in [5, 5.41) is 2.93. The third-order valence-electron chi connectivity index (χ3n) is 3.41. The van der Waals surface area contributed by atoms with Crippen molar-refractivity contribution < 1.29 is 23.9 Å². The number of anilines is 1. The molecule has 1 aromatic rings. The number of rotatable bonds is 5. The highest BCUT2D eigenvalue weighted by Crippen LogP contribution is 2.29. The van der Waals surface area contributed by atoms with Crippen molar-refractivity contribution in [3.63, 3.8) is 0 Å². The molecule has 0 aliphatic carbocycles. The molecule has 4 amide bonds. The lowest BCUT2D eigenvalue weighted by Crippen LogP contribution is -2.39. The lowest BCUT2D eigenvalue weighted by Gasteiger charge is -2.17. The minimum Gasteiger partial charge on any atom is -0.451 e. The number of nitrogens with zero attached hydrogens (tertiary/aromatic N) is 2. The summed E-state index contributed by atoms with van der Waals surface area (Å²) < 4.78 is 4.96. The number of esters is 1. The predicted molar refractivity (Wildman–Crippen MR) is 90.4 cm³/mol. The number of carbonyl (C=O) groups excluding carboxylic acids is 4. The van der Waals surface area contributed by atoms with E-state index in [2.05, 4.69) is 5.32 Å². The summed E-state index contributed by atoms with van der Waals surface area (Å²) in [6.07, 6.45) is -1.18. The molecule has 1 N–H and O–H groups in total. The van der Waals surface area contributed by atoms with Crippen LogP contribution in [-0.2, 0) is 19.1 Å². The molecule has 1 aliphatic rings. The maximum atomic E-state index is 12.1. The molecule has 0 spiro atoms. The number of nitrogens with one attached hydrogen (secondary N) is 1. The Morgan fingerprint density at radius 1 is 1.28 bits per heavy atom. The summed E-state index contributed by atoms with van der Waals surface area (Å²) in [6, 6.07) is 4.11. The van der Waals surface area contributed by atoms with Gasteiger partial charge in [-0.05, 0) is 19.1 Å². The Balaban J connectivity index is 1.94. The Morgan fingerprint density at radius 2 is 1.88 bits per heavy atom. The van der Waals surface area contributed by atoms with Gasteiger partial charge in [0.2, 0.25) is 0 Å². The van der Waals surface area contributed by atoms with Crippen LogP contribution in [0.2, 0.25) is 10.0 Å². The van der Waals surface area contributed by atoms with E-state index in [4.69, 9.17) is 27.9 Å². The minimum absolute atomic E-state index is 0.104. The largest absolute Gasteiger partial charge is 0.451 e. The van der Waals surface area contributed by atoms with Crippen LogP contribution in [0.25, 0.3) is 0 Å². The van der Waals surface area contributed by atoms with Gasteiger partial charge in [-0.25, -0.2) is 4.79 Å². The van der Waals surface area contributed by atoms with Gasteiger partial charge in [0.05, 0.1) is 15.7 Å². The highest BCUT2D eigenvalue weighted by molar-refractivity contribution is 6.39. The van der Waals surface area contributed by atoms with Gasteiger partial charge in [0, 0.05) is 7.05 Å². The Bertz CT molecular complexity index is 720. The SMILES string of the molecule is C[C@@H](OC(=O)CN1C(=O)CN(C)C1=O)C(=O)Nc1c(Cl)cccc1Cl. The van der Waals surface area contributed by atoms with Crippen LogP contribution in [0.15, 0.2) is 18.2 Å². The molecule has 0 radical (unpaired) electrons. The van der Waals surface area contributed by atoms with Gasteiger partial charge in [-0.1, -0.05) is 29.3 Å². The van der Waals surface area contributed by atoms with Crippen molar-refractivity contribution in [3.05, 3.63) is 28.2 Å². The van der Waals surface area contributed by atoms with Crippen molar-refractivity contribution in [2.45, 2.75) is 13.0 Å². The van der Waals surface area contributed by atoms with Crippen molar-refractivity contribution in [1.82, 2.24) is 9.80 Å². The summed E-state index contributed by atoms with van der Waals surface area (Å²) in [4.78, 5) is 49.2. The number of carbonyl (C=O) groups is 4. The lowest BCUT2D eigenvalue weighted by molar-refractivity contribution is -0.154. The van der Waals surface area contributed by atoms with Crippen molar-refractivity contribution >= 4 is 52.7 Å². The van der Waals surface area contributed by atoms with E-state index in [1.807, 2.05) is 0 Å². The van der Waals surface area contributed by atoms with Gasteiger partial charge in [0.25, 0.3) is 11.8 Å². The fourth-order valence-corrected chi connectivity index (χ4v) is 2.58. The number of urea groups is 1. The molecule has 2 rings (SSSR count). The van der Waals surface area contributed by atoms with Gasteiger partial charge in [0.15, 0.2) is 6.10 Å². The van der Waals surface area contributed by atoms with Crippen LogP contribution in [-0.4, -0.2) is 59.9 Å². The molecule has 1 saturated heterocycles. The van der Waals surface area contributed by atoms with E-state index in [1.54, 1.807) is 18.2 Å². The maximum Gasteiger partial charge on any atom is 0.327 e. The van der Waals surface area contributed by atoms with E-state index in [9.17, 15) is 19.2 Å². The van der Waals surface area contributed by atoms with Gasteiger partial charge in [-0.3, -0.25) is 19.3 Å². The number of amides is 4. The molecule has 8 nitrogen and oxygen atoms in total. The van der Waals surface area contributed by atoms with E-state index >= 15 is 0 Å². The van der Waals surface area contributed by atoms with Gasteiger partial charge in [0.1, 0.15) is 13.1 Å². The topological polar surface area (TPSA) is 96.0 Å². The quantitative estimate of drug-likeness (QED) is 0.613. The van der Waals surface area contributed by atoms with Crippen molar-refractivity contribution in [2.75, 3.05) is 25.5 Å². The van der Waals surface area contributed by atoms with Crippen LogP contribution in [0.4, 0.5) is 10.5 Å². The van der Waals surface area contributed by atoms with Crippen LogP contribution in [0.5, 0.6) is 0 Å². The molecule has 0 saturated carbocycles. The number of halogens is 2. The molecule has 1 atom stereocenters. The molecule has 0 unspecified atom stereocenters. The number of imide groups is 1. The molecular formula is C15H15Cl2N3O5. The summed E-state index contributed by atoms with van der Waals surface area (Å²) in [5.41, 5.74) is 0.199. The minimum atomic E-state index is -1.18. The highest BCUT2D eigenvalue weighted by atomic mass is 35.5. The number of benzene rings is 1. The molecule has 1 heterocycles. The fraction of sp³-hybridized carbons (Fsp3) is 0.333. The fourth-order valence-electron chi connectivity index (χ4n) is 2.08. The Hall–Kier alpha value is -2.32. The second-order valence-corrected chi connectivity index (χ2v) is 6.15. The van der Waals surface area contributed by atoms with E-state index in [0.717, 1.165) is 4.90 Å². The zero-order valence-electron chi connectivity index (χ0n) is 13.4. The summed E-state index contributed by atoms with van der Waals surface area (Å²) >= 11 is 11.9. The Labute approximate surface area is 153 Å². The standard InChI is InChI=1S/C15H15Cl2N3O5/c1-8(14(23)18-13-9(16)4-3-5-10(13)17)25-12(22)7-20-11(21)6-19(2)15(20)24/h3-5,8H,6-7H2,1-2H3,(H,18,23)/t8-/m1/s1. The third kappa shape index (κ3) is 4.40. The summed E-state index contributed by atoms with van der Waals surface area (Å²) in [6.45, 7) is 0.678. The Kier molecular flexibility index (Phi) is 5.86. The van der Waals surface area contributed by atoms with Crippen molar-refractivity contribution in [1.29, 1.82) is 0 Å². The van der Waals surface area contributed by atoms with Crippen LogP contribution in [0, 0.1) is 0 Å². The monoisotopic (exact) mass is 387 g/mol. The zero-order valence-corrected chi connectivity index (χ0v) is 14.9. The average Bonchev–Trinajstić information content (AvgIpc) is 2.77. The predicted octanol–water partition coefficient (Wildman–Crippen LogP) is 1.76. The number of hydrogen-bond acceptors (Lipinski definition) is 5. The molecule has 0 aromatic heterocycles.